The Morgan fingerprint density at radius 2 is 1.93 bits per heavy atom. The van der Waals surface area contributed by atoms with E-state index in [0.29, 0.717) is 6.42 Å². The van der Waals surface area contributed by atoms with Crippen LogP contribution in [0.1, 0.15) is 31.9 Å². The van der Waals surface area contributed by atoms with Crippen molar-refractivity contribution in [2.24, 2.45) is 11.7 Å². The van der Waals surface area contributed by atoms with Crippen molar-refractivity contribution in [2.45, 2.75) is 26.3 Å². The van der Waals surface area contributed by atoms with Crippen LogP contribution in [-0.2, 0) is 4.79 Å². The lowest BCUT2D eigenvalue weighted by atomic mass is 9.91. The third kappa shape index (κ3) is 2.42. The highest BCUT2D eigenvalue weighted by molar-refractivity contribution is 5.81. The average Bonchev–Trinajstić information content (AvgIpc) is 2.27. The van der Waals surface area contributed by atoms with Crippen LogP contribution >= 0.6 is 0 Å². The number of ketones is 1. The lowest BCUT2D eigenvalue weighted by Crippen LogP contribution is -2.25. The van der Waals surface area contributed by atoms with Gasteiger partial charge in [0.25, 0.3) is 0 Å². The standard InChI is InChI=1S/C12H17NO/c1-3-11(14)9(2)12(13)10-7-5-4-6-8-10/h4-9,12H,3,13H2,1-2H3. The molecule has 0 saturated carbocycles. The van der Waals surface area contributed by atoms with E-state index in [1.165, 1.54) is 0 Å². The minimum absolute atomic E-state index is 0.0950. The fraction of sp³-hybridized carbons (Fsp3) is 0.417. The lowest BCUT2D eigenvalue weighted by molar-refractivity contribution is -0.122. The minimum Gasteiger partial charge on any atom is -0.323 e. The Kier molecular flexibility index (Phi) is 3.84. The number of rotatable bonds is 4. The third-order valence-corrected chi connectivity index (χ3v) is 2.58. The zero-order valence-electron chi connectivity index (χ0n) is 8.73. The van der Waals surface area contributed by atoms with Gasteiger partial charge in [-0.3, -0.25) is 4.79 Å². The molecular weight excluding hydrogens is 174 g/mol. The van der Waals surface area contributed by atoms with Crippen molar-refractivity contribution in [1.82, 2.24) is 0 Å². The van der Waals surface area contributed by atoms with E-state index in [-0.39, 0.29) is 17.7 Å². The quantitative estimate of drug-likeness (QED) is 0.793. The van der Waals surface area contributed by atoms with E-state index in [9.17, 15) is 4.79 Å². The molecule has 0 aliphatic rings. The van der Waals surface area contributed by atoms with Crippen LogP contribution in [0.3, 0.4) is 0 Å². The molecule has 0 spiro atoms. The highest BCUT2D eigenvalue weighted by Crippen LogP contribution is 2.20. The molecule has 0 aliphatic heterocycles. The maximum atomic E-state index is 11.4. The molecule has 2 nitrogen and oxygen atoms in total. The van der Waals surface area contributed by atoms with Crippen molar-refractivity contribution < 1.29 is 4.79 Å². The largest absolute Gasteiger partial charge is 0.323 e. The summed E-state index contributed by atoms with van der Waals surface area (Å²) in [5, 5.41) is 0. The van der Waals surface area contributed by atoms with Crippen LogP contribution in [-0.4, -0.2) is 5.78 Å². The zero-order valence-corrected chi connectivity index (χ0v) is 8.73. The summed E-state index contributed by atoms with van der Waals surface area (Å²) in [6.45, 7) is 3.76. The van der Waals surface area contributed by atoms with Gasteiger partial charge in [0.05, 0.1) is 0 Å². The van der Waals surface area contributed by atoms with E-state index >= 15 is 0 Å². The van der Waals surface area contributed by atoms with Gasteiger partial charge < -0.3 is 5.73 Å². The van der Waals surface area contributed by atoms with E-state index in [1.54, 1.807) is 0 Å². The molecule has 76 valence electrons. The number of benzene rings is 1. The fourth-order valence-electron chi connectivity index (χ4n) is 1.49. The van der Waals surface area contributed by atoms with Gasteiger partial charge in [0.2, 0.25) is 0 Å². The first-order chi connectivity index (χ1) is 6.66. The molecule has 2 heteroatoms. The van der Waals surface area contributed by atoms with Gasteiger partial charge in [-0.25, -0.2) is 0 Å². The van der Waals surface area contributed by atoms with Crippen LogP contribution in [0, 0.1) is 5.92 Å². The predicted molar refractivity (Wildman–Crippen MR) is 57.8 cm³/mol. The molecule has 0 amide bonds. The molecule has 1 aromatic carbocycles. The van der Waals surface area contributed by atoms with E-state index in [0.717, 1.165) is 5.56 Å². The van der Waals surface area contributed by atoms with Gasteiger partial charge in [0.1, 0.15) is 5.78 Å². The first-order valence-electron chi connectivity index (χ1n) is 5.00. The Balaban J connectivity index is 2.75. The van der Waals surface area contributed by atoms with Gasteiger partial charge in [-0.1, -0.05) is 44.2 Å². The Morgan fingerprint density at radius 3 is 2.43 bits per heavy atom. The van der Waals surface area contributed by atoms with Crippen LogP contribution in [0.4, 0.5) is 0 Å². The maximum Gasteiger partial charge on any atom is 0.137 e. The van der Waals surface area contributed by atoms with Crippen molar-refractivity contribution >= 4 is 5.78 Å². The van der Waals surface area contributed by atoms with Crippen LogP contribution < -0.4 is 5.73 Å². The molecule has 1 aromatic rings. The molecule has 2 N–H and O–H groups in total. The molecule has 0 radical (unpaired) electrons. The number of carbonyl (C=O) groups is 1. The molecule has 1 rings (SSSR count). The van der Waals surface area contributed by atoms with Crippen molar-refractivity contribution in [2.75, 3.05) is 0 Å². The molecule has 14 heavy (non-hydrogen) atoms. The van der Waals surface area contributed by atoms with E-state index in [4.69, 9.17) is 5.73 Å². The van der Waals surface area contributed by atoms with Gasteiger partial charge in [-0.2, -0.15) is 0 Å². The zero-order chi connectivity index (χ0) is 10.6. The summed E-state index contributed by atoms with van der Waals surface area (Å²) in [5.74, 6) is 0.128. The Bertz CT molecular complexity index is 294. The second-order valence-electron chi connectivity index (χ2n) is 3.55. The summed E-state index contributed by atoms with van der Waals surface area (Å²) < 4.78 is 0. The van der Waals surface area contributed by atoms with Crippen molar-refractivity contribution in [1.29, 1.82) is 0 Å². The van der Waals surface area contributed by atoms with Gasteiger partial charge in [-0.05, 0) is 5.56 Å². The molecule has 0 saturated heterocycles. The van der Waals surface area contributed by atoms with Gasteiger partial charge in [0.15, 0.2) is 0 Å². The van der Waals surface area contributed by atoms with Crippen LogP contribution in [0.15, 0.2) is 30.3 Å². The van der Waals surface area contributed by atoms with Crippen LogP contribution in [0.5, 0.6) is 0 Å². The summed E-state index contributed by atoms with van der Waals surface area (Å²) in [4.78, 5) is 11.4. The summed E-state index contributed by atoms with van der Waals surface area (Å²) in [5.41, 5.74) is 7.02. The highest BCUT2D eigenvalue weighted by atomic mass is 16.1. The first-order valence-corrected chi connectivity index (χ1v) is 5.00. The van der Waals surface area contributed by atoms with Gasteiger partial charge in [0, 0.05) is 18.4 Å². The summed E-state index contributed by atoms with van der Waals surface area (Å²) in [7, 11) is 0. The van der Waals surface area contributed by atoms with Crippen molar-refractivity contribution in [3.63, 3.8) is 0 Å². The predicted octanol–water partition coefficient (Wildman–Crippen LogP) is 2.30. The van der Waals surface area contributed by atoms with Crippen molar-refractivity contribution in [3.8, 4) is 0 Å². The highest BCUT2D eigenvalue weighted by Gasteiger charge is 2.19. The second-order valence-corrected chi connectivity index (χ2v) is 3.55. The fourth-order valence-corrected chi connectivity index (χ4v) is 1.49. The van der Waals surface area contributed by atoms with E-state index in [1.807, 2.05) is 44.2 Å². The maximum absolute atomic E-state index is 11.4. The summed E-state index contributed by atoms with van der Waals surface area (Å²) >= 11 is 0. The first kappa shape index (κ1) is 10.9. The minimum atomic E-state index is -0.177. The molecule has 0 aromatic heterocycles. The second kappa shape index (κ2) is 4.91. The number of Topliss-reactive ketones (excluding diaryl/α,β-unsaturated/α-hetero) is 1. The van der Waals surface area contributed by atoms with Gasteiger partial charge in [-0.15, -0.1) is 0 Å². The molecule has 2 atom stereocenters. The SMILES string of the molecule is CCC(=O)C(C)C(N)c1ccccc1. The van der Waals surface area contributed by atoms with Gasteiger partial charge >= 0.3 is 0 Å². The van der Waals surface area contributed by atoms with E-state index in [2.05, 4.69) is 0 Å². The smallest absolute Gasteiger partial charge is 0.137 e. The number of hydrogen-bond acceptors (Lipinski definition) is 2. The Morgan fingerprint density at radius 1 is 1.36 bits per heavy atom. The average molecular weight is 191 g/mol. The third-order valence-electron chi connectivity index (χ3n) is 2.58. The number of carbonyl (C=O) groups excluding carboxylic acids is 1. The normalized spacial score (nSPS) is 14.8. The van der Waals surface area contributed by atoms with E-state index < -0.39 is 0 Å². The molecule has 0 heterocycles. The molecule has 2 unspecified atom stereocenters. The summed E-state index contributed by atoms with van der Waals surface area (Å²) in [6, 6.07) is 9.58. The molecular formula is C12H17NO. The summed E-state index contributed by atoms with van der Waals surface area (Å²) in [6.07, 6.45) is 0.557. The lowest BCUT2D eigenvalue weighted by Gasteiger charge is -2.18. The van der Waals surface area contributed by atoms with Crippen molar-refractivity contribution in [3.05, 3.63) is 35.9 Å². The van der Waals surface area contributed by atoms with Crippen LogP contribution in [0.25, 0.3) is 0 Å². The van der Waals surface area contributed by atoms with Crippen LogP contribution in [0.2, 0.25) is 0 Å². The molecule has 0 fully saturated rings. The molecule has 0 aliphatic carbocycles. The molecule has 0 bridgehead atoms. The Hall–Kier alpha value is -1.15. The number of hydrogen-bond donors (Lipinski definition) is 1. The number of nitrogens with two attached hydrogens (primary N) is 1. The monoisotopic (exact) mass is 191 g/mol. The Labute approximate surface area is 85.1 Å². The topological polar surface area (TPSA) is 43.1 Å².